The molecule has 0 bridgehead atoms. The normalized spacial score (nSPS) is 10.7. The highest BCUT2D eigenvalue weighted by Gasteiger charge is 2.07. The van der Waals surface area contributed by atoms with Crippen molar-refractivity contribution >= 4 is 0 Å². The summed E-state index contributed by atoms with van der Waals surface area (Å²) < 4.78 is 2.09. The van der Waals surface area contributed by atoms with Crippen molar-refractivity contribution in [3.05, 3.63) is 54.9 Å². The highest BCUT2D eigenvalue weighted by Crippen LogP contribution is 2.12. The molecule has 3 heterocycles. The van der Waals surface area contributed by atoms with Gasteiger partial charge in [-0.3, -0.25) is 4.98 Å². The highest BCUT2D eigenvalue weighted by atomic mass is 15.1. The third-order valence-electron chi connectivity index (χ3n) is 2.79. The molecule has 18 heavy (non-hydrogen) atoms. The number of imidazole rings is 2. The van der Waals surface area contributed by atoms with E-state index < -0.39 is 0 Å². The summed E-state index contributed by atoms with van der Waals surface area (Å²) in [6.07, 6.45) is 11.9. The quantitative estimate of drug-likeness (QED) is 0.756. The van der Waals surface area contributed by atoms with Crippen LogP contribution in [0, 0.1) is 0 Å². The lowest BCUT2D eigenvalue weighted by Gasteiger charge is -2.05. The summed E-state index contributed by atoms with van der Waals surface area (Å²) in [5, 5.41) is 0. The number of hydrogen-bond acceptors (Lipinski definition) is 3. The van der Waals surface area contributed by atoms with E-state index in [0.29, 0.717) is 0 Å². The van der Waals surface area contributed by atoms with Crippen LogP contribution >= 0.6 is 0 Å². The molecule has 0 spiro atoms. The zero-order valence-corrected chi connectivity index (χ0v) is 9.82. The third-order valence-corrected chi connectivity index (χ3v) is 2.79. The molecule has 1 N–H and O–H groups in total. The van der Waals surface area contributed by atoms with Gasteiger partial charge in [0, 0.05) is 43.7 Å². The van der Waals surface area contributed by atoms with Gasteiger partial charge >= 0.3 is 0 Å². The molecule has 5 heteroatoms. The summed E-state index contributed by atoms with van der Waals surface area (Å²) >= 11 is 0. The van der Waals surface area contributed by atoms with E-state index in [1.807, 2.05) is 18.5 Å². The van der Waals surface area contributed by atoms with E-state index in [-0.39, 0.29) is 0 Å². The minimum Gasteiger partial charge on any atom is -0.342 e. The minimum atomic E-state index is 0.797. The fraction of sp³-hybridized carbons (Fsp3) is 0.154. The molecule has 3 aromatic heterocycles. The Morgan fingerprint density at radius 3 is 2.94 bits per heavy atom. The molecule has 0 aliphatic rings. The Morgan fingerprint density at radius 1 is 1.17 bits per heavy atom. The molecule has 3 rings (SSSR count). The molecule has 0 saturated heterocycles. The van der Waals surface area contributed by atoms with Crippen LogP contribution < -0.4 is 0 Å². The number of aromatic amines is 1. The number of hydrogen-bond donors (Lipinski definition) is 1. The summed E-state index contributed by atoms with van der Waals surface area (Å²) in [6, 6.07) is 4.03. The predicted molar refractivity (Wildman–Crippen MR) is 67.7 cm³/mol. The summed E-state index contributed by atoms with van der Waals surface area (Å²) in [4.78, 5) is 15.7. The van der Waals surface area contributed by atoms with E-state index in [9.17, 15) is 0 Å². The first kappa shape index (κ1) is 10.7. The first-order valence-electron chi connectivity index (χ1n) is 5.83. The molecule has 90 valence electrons. The summed E-state index contributed by atoms with van der Waals surface area (Å²) in [5.41, 5.74) is 1.22. The zero-order chi connectivity index (χ0) is 12.2. The van der Waals surface area contributed by atoms with Crippen LogP contribution in [0.2, 0.25) is 0 Å². The Labute approximate surface area is 105 Å². The van der Waals surface area contributed by atoms with Gasteiger partial charge in [0.25, 0.3) is 0 Å². The largest absolute Gasteiger partial charge is 0.342 e. The molecule has 0 atom stereocenters. The third kappa shape index (κ3) is 2.15. The van der Waals surface area contributed by atoms with Crippen LogP contribution in [0.3, 0.4) is 0 Å². The second-order valence-corrected chi connectivity index (χ2v) is 3.99. The molecular formula is C13H13N5. The molecule has 0 saturated carbocycles. The van der Waals surface area contributed by atoms with Gasteiger partial charge in [0.05, 0.1) is 0 Å². The van der Waals surface area contributed by atoms with Crippen LogP contribution in [-0.2, 0) is 13.0 Å². The monoisotopic (exact) mass is 239 g/mol. The Kier molecular flexibility index (Phi) is 2.87. The number of aromatic nitrogens is 5. The molecule has 0 aromatic carbocycles. The van der Waals surface area contributed by atoms with Gasteiger partial charge in [-0.2, -0.15) is 0 Å². The number of nitrogens with zero attached hydrogens (tertiary/aromatic N) is 4. The average molecular weight is 239 g/mol. The second-order valence-electron chi connectivity index (χ2n) is 3.99. The molecule has 0 radical (unpaired) electrons. The summed E-state index contributed by atoms with van der Waals surface area (Å²) in [6.45, 7) is 0.863. The number of nitrogens with one attached hydrogen (secondary N) is 1. The predicted octanol–water partition coefficient (Wildman–Crippen LogP) is 1.91. The van der Waals surface area contributed by atoms with Crippen molar-refractivity contribution in [3.8, 4) is 11.6 Å². The number of aryl methyl sites for hydroxylation is 2. The minimum absolute atomic E-state index is 0.797. The van der Waals surface area contributed by atoms with Gasteiger partial charge in [-0.05, 0) is 18.1 Å². The summed E-state index contributed by atoms with van der Waals surface area (Å²) in [7, 11) is 0. The molecule has 0 aliphatic carbocycles. The first-order chi connectivity index (χ1) is 8.93. The van der Waals surface area contributed by atoms with E-state index in [2.05, 4.69) is 30.6 Å². The molecule has 0 amide bonds. The molecule has 0 aliphatic heterocycles. The lowest BCUT2D eigenvalue weighted by Crippen LogP contribution is -2.03. The van der Waals surface area contributed by atoms with Crippen LogP contribution in [-0.4, -0.2) is 24.5 Å². The Balaban J connectivity index is 1.76. The topological polar surface area (TPSA) is 59.4 Å². The zero-order valence-electron chi connectivity index (χ0n) is 9.82. The Morgan fingerprint density at radius 2 is 2.17 bits per heavy atom. The van der Waals surface area contributed by atoms with Crippen LogP contribution in [0.25, 0.3) is 11.6 Å². The highest BCUT2D eigenvalue weighted by molar-refractivity contribution is 5.43. The molecular weight excluding hydrogens is 226 g/mol. The van der Waals surface area contributed by atoms with E-state index in [1.54, 1.807) is 24.8 Å². The van der Waals surface area contributed by atoms with Gasteiger partial charge in [0.1, 0.15) is 0 Å². The van der Waals surface area contributed by atoms with Gasteiger partial charge in [-0.15, -0.1) is 0 Å². The van der Waals surface area contributed by atoms with Crippen molar-refractivity contribution in [2.75, 3.05) is 0 Å². The standard InChI is InChI=1S/C13H13N5/c1-2-11(10-14-4-1)3-8-18-9-7-17-13(18)12-15-5-6-16-12/h1-2,4-7,9-10H,3,8H2,(H,15,16). The number of pyridine rings is 1. The average Bonchev–Trinajstić information content (AvgIpc) is 3.08. The number of H-pyrrole nitrogens is 1. The summed E-state index contributed by atoms with van der Waals surface area (Å²) in [5.74, 6) is 1.66. The van der Waals surface area contributed by atoms with Crippen molar-refractivity contribution in [2.24, 2.45) is 0 Å². The van der Waals surface area contributed by atoms with Crippen LogP contribution in [0.15, 0.2) is 49.3 Å². The first-order valence-corrected chi connectivity index (χ1v) is 5.83. The van der Waals surface area contributed by atoms with Gasteiger partial charge in [-0.1, -0.05) is 6.07 Å². The van der Waals surface area contributed by atoms with E-state index in [0.717, 1.165) is 24.6 Å². The SMILES string of the molecule is c1cncc(CCn2ccnc2-c2ncc[nH]2)c1. The fourth-order valence-electron chi connectivity index (χ4n) is 1.89. The van der Waals surface area contributed by atoms with Crippen LogP contribution in [0.1, 0.15) is 5.56 Å². The van der Waals surface area contributed by atoms with Crippen LogP contribution in [0.4, 0.5) is 0 Å². The van der Waals surface area contributed by atoms with E-state index in [1.165, 1.54) is 5.56 Å². The molecule has 3 aromatic rings. The maximum absolute atomic E-state index is 4.32. The number of rotatable bonds is 4. The Bertz CT molecular complexity index is 597. The van der Waals surface area contributed by atoms with E-state index >= 15 is 0 Å². The van der Waals surface area contributed by atoms with Gasteiger partial charge in [-0.25, -0.2) is 9.97 Å². The lowest BCUT2D eigenvalue weighted by atomic mass is 10.2. The lowest BCUT2D eigenvalue weighted by molar-refractivity contribution is 0.698. The Hall–Kier alpha value is -2.43. The van der Waals surface area contributed by atoms with Crippen molar-refractivity contribution < 1.29 is 0 Å². The van der Waals surface area contributed by atoms with Crippen LogP contribution in [0.5, 0.6) is 0 Å². The van der Waals surface area contributed by atoms with Gasteiger partial charge < -0.3 is 9.55 Å². The maximum Gasteiger partial charge on any atom is 0.176 e. The van der Waals surface area contributed by atoms with Gasteiger partial charge in [0.2, 0.25) is 0 Å². The van der Waals surface area contributed by atoms with Crippen molar-refractivity contribution in [1.82, 2.24) is 24.5 Å². The van der Waals surface area contributed by atoms with Gasteiger partial charge in [0.15, 0.2) is 11.6 Å². The smallest absolute Gasteiger partial charge is 0.176 e. The van der Waals surface area contributed by atoms with Crippen molar-refractivity contribution in [2.45, 2.75) is 13.0 Å². The molecule has 5 nitrogen and oxygen atoms in total. The second kappa shape index (κ2) is 4.83. The molecule has 0 fully saturated rings. The van der Waals surface area contributed by atoms with E-state index in [4.69, 9.17) is 0 Å². The molecule has 0 unspecified atom stereocenters. The van der Waals surface area contributed by atoms with Crippen molar-refractivity contribution in [3.63, 3.8) is 0 Å². The fourth-order valence-corrected chi connectivity index (χ4v) is 1.89. The maximum atomic E-state index is 4.32. The van der Waals surface area contributed by atoms with Crippen molar-refractivity contribution in [1.29, 1.82) is 0 Å².